The zero-order chi connectivity index (χ0) is 12.5. The van der Waals surface area contributed by atoms with Gasteiger partial charge < -0.3 is 0 Å². The van der Waals surface area contributed by atoms with Crippen molar-refractivity contribution in [3.05, 3.63) is 66.5 Å². The van der Waals surface area contributed by atoms with E-state index in [4.69, 9.17) is 0 Å². The van der Waals surface area contributed by atoms with E-state index in [1.54, 1.807) is 0 Å². The molecule has 3 aromatic rings. The fourth-order valence-corrected chi connectivity index (χ4v) is 2.27. The number of aromatic nitrogens is 1. The van der Waals surface area contributed by atoms with E-state index in [9.17, 15) is 0 Å². The second-order valence-corrected chi connectivity index (χ2v) is 4.74. The third kappa shape index (κ3) is 1.88. The summed E-state index contributed by atoms with van der Waals surface area (Å²) in [5.74, 6) is 0. The SMILES string of the molecule is Cc1cc2ccc(-c3ccccc3)cc2c[n+]1C. The minimum absolute atomic E-state index is 1.27. The summed E-state index contributed by atoms with van der Waals surface area (Å²) >= 11 is 0. The van der Waals surface area contributed by atoms with Gasteiger partial charge in [0, 0.05) is 18.4 Å². The Morgan fingerprint density at radius 3 is 2.33 bits per heavy atom. The molecule has 0 aliphatic rings. The van der Waals surface area contributed by atoms with Gasteiger partial charge in [0.1, 0.15) is 7.05 Å². The zero-order valence-electron chi connectivity index (χ0n) is 10.7. The first-order valence-corrected chi connectivity index (χ1v) is 6.19. The molecule has 0 bridgehead atoms. The van der Waals surface area contributed by atoms with Crippen molar-refractivity contribution in [3.63, 3.8) is 0 Å². The summed E-state index contributed by atoms with van der Waals surface area (Å²) in [6, 6.07) is 19.4. The molecule has 1 aromatic heterocycles. The van der Waals surface area contributed by atoms with Gasteiger partial charge in [-0.15, -0.1) is 0 Å². The average molecular weight is 234 g/mol. The minimum Gasteiger partial charge on any atom is -0.205 e. The van der Waals surface area contributed by atoms with Crippen LogP contribution in [0, 0.1) is 6.92 Å². The second-order valence-electron chi connectivity index (χ2n) is 4.74. The van der Waals surface area contributed by atoms with Crippen LogP contribution in [0.2, 0.25) is 0 Å². The summed E-state index contributed by atoms with van der Waals surface area (Å²) in [7, 11) is 2.09. The highest BCUT2D eigenvalue weighted by atomic mass is 14.9. The van der Waals surface area contributed by atoms with Crippen LogP contribution in [-0.2, 0) is 7.05 Å². The highest BCUT2D eigenvalue weighted by molar-refractivity contribution is 5.86. The number of aryl methyl sites for hydroxylation is 2. The van der Waals surface area contributed by atoms with Gasteiger partial charge in [-0.05, 0) is 22.6 Å². The molecule has 2 aromatic carbocycles. The summed E-state index contributed by atoms with van der Waals surface area (Å²) in [6.07, 6.45) is 2.19. The quantitative estimate of drug-likeness (QED) is 0.566. The van der Waals surface area contributed by atoms with E-state index in [1.807, 2.05) is 6.07 Å². The van der Waals surface area contributed by atoms with Gasteiger partial charge in [-0.2, -0.15) is 0 Å². The highest BCUT2D eigenvalue weighted by Crippen LogP contribution is 2.23. The lowest BCUT2D eigenvalue weighted by atomic mass is 10.0. The fourth-order valence-electron chi connectivity index (χ4n) is 2.27. The Balaban J connectivity index is 2.20. The van der Waals surface area contributed by atoms with E-state index in [1.165, 1.54) is 27.6 Å². The maximum absolute atomic E-state index is 2.25. The highest BCUT2D eigenvalue weighted by Gasteiger charge is 2.05. The molecule has 1 heteroatoms. The molecule has 3 rings (SSSR count). The largest absolute Gasteiger partial charge is 0.205 e. The average Bonchev–Trinajstić information content (AvgIpc) is 2.41. The van der Waals surface area contributed by atoms with E-state index >= 15 is 0 Å². The monoisotopic (exact) mass is 234 g/mol. The minimum atomic E-state index is 1.27. The first kappa shape index (κ1) is 11.0. The van der Waals surface area contributed by atoms with Gasteiger partial charge in [0.05, 0.1) is 0 Å². The van der Waals surface area contributed by atoms with Gasteiger partial charge in [0.15, 0.2) is 11.9 Å². The molecule has 0 aliphatic carbocycles. The second kappa shape index (κ2) is 4.26. The van der Waals surface area contributed by atoms with Crippen LogP contribution in [0.1, 0.15) is 5.69 Å². The summed E-state index contributed by atoms with van der Waals surface area (Å²) in [4.78, 5) is 0. The molecule has 0 unspecified atom stereocenters. The zero-order valence-corrected chi connectivity index (χ0v) is 10.7. The third-order valence-corrected chi connectivity index (χ3v) is 3.45. The lowest BCUT2D eigenvalue weighted by molar-refractivity contribution is -0.676. The van der Waals surface area contributed by atoms with Crippen molar-refractivity contribution < 1.29 is 4.57 Å². The summed E-state index contributed by atoms with van der Waals surface area (Å²) in [5.41, 5.74) is 3.81. The Labute approximate surface area is 107 Å². The summed E-state index contributed by atoms with van der Waals surface area (Å²) < 4.78 is 2.16. The van der Waals surface area contributed by atoms with Crippen LogP contribution in [0.3, 0.4) is 0 Å². The lowest BCUT2D eigenvalue weighted by Gasteiger charge is -2.04. The van der Waals surface area contributed by atoms with Crippen molar-refractivity contribution in [3.8, 4) is 11.1 Å². The normalized spacial score (nSPS) is 10.8. The van der Waals surface area contributed by atoms with E-state index in [0.29, 0.717) is 0 Å². The Morgan fingerprint density at radius 2 is 1.56 bits per heavy atom. The number of fused-ring (bicyclic) bond motifs is 1. The number of hydrogen-bond donors (Lipinski definition) is 0. The van der Waals surface area contributed by atoms with Crippen molar-refractivity contribution in [2.24, 2.45) is 7.05 Å². The third-order valence-electron chi connectivity index (χ3n) is 3.45. The van der Waals surface area contributed by atoms with Crippen molar-refractivity contribution in [1.82, 2.24) is 0 Å². The number of rotatable bonds is 1. The molecule has 0 fully saturated rings. The van der Waals surface area contributed by atoms with Gasteiger partial charge in [0.2, 0.25) is 0 Å². The van der Waals surface area contributed by atoms with Crippen LogP contribution in [0.15, 0.2) is 60.8 Å². The van der Waals surface area contributed by atoms with Crippen LogP contribution in [0.25, 0.3) is 21.9 Å². The van der Waals surface area contributed by atoms with Gasteiger partial charge in [0.25, 0.3) is 0 Å². The summed E-state index contributed by atoms with van der Waals surface area (Å²) in [5, 5.41) is 2.58. The lowest BCUT2D eigenvalue weighted by Crippen LogP contribution is -2.30. The van der Waals surface area contributed by atoms with Crippen LogP contribution in [-0.4, -0.2) is 0 Å². The van der Waals surface area contributed by atoms with Crippen LogP contribution in [0.5, 0.6) is 0 Å². The van der Waals surface area contributed by atoms with Crippen molar-refractivity contribution >= 4 is 10.8 Å². The fraction of sp³-hybridized carbons (Fsp3) is 0.118. The molecule has 0 radical (unpaired) electrons. The number of pyridine rings is 1. The number of benzene rings is 2. The van der Waals surface area contributed by atoms with E-state index < -0.39 is 0 Å². The molecule has 0 atom stereocenters. The first-order chi connectivity index (χ1) is 8.74. The summed E-state index contributed by atoms with van der Waals surface area (Å²) in [6.45, 7) is 2.13. The molecular weight excluding hydrogens is 218 g/mol. The number of nitrogens with zero attached hydrogens (tertiary/aromatic N) is 1. The van der Waals surface area contributed by atoms with Crippen molar-refractivity contribution in [1.29, 1.82) is 0 Å². The van der Waals surface area contributed by atoms with E-state index in [-0.39, 0.29) is 0 Å². The molecule has 0 amide bonds. The van der Waals surface area contributed by atoms with Gasteiger partial charge in [-0.25, -0.2) is 4.57 Å². The maximum Gasteiger partial charge on any atom is 0.178 e. The van der Waals surface area contributed by atoms with Gasteiger partial charge >= 0.3 is 0 Å². The van der Waals surface area contributed by atoms with Crippen LogP contribution < -0.4 is 4.57 Å². The maximum atomic E-state index is 2.25. The van der Waals surface area contributed by atoms with E-state index in [2.05, 4.69) is 73.3 Å². The van der Waals surface area contributed by atoms with E-state index in [0.717, 1.165) is 0 Å². The molecule has 88 valence electrons. The standard InChI is InChI=1S/C17H16N/c1-13-10-15-8-9-16(11-17(15)12-18(13)2)14-6-4-3-5-7-14/h3-12H,1-2H3/q+1. The molecule has 0 aliphatic heterocycles. The smallest absolute Gasteiger partial charge is 0.178 e. The molecule has 0 N–H and O–H groups in total. The molecule has 18 heavy (non-hydrogen) atoms. The van der Waals surface area contributed by atoms with Crippen LogP contribution >= 0.6 is 0 Å². The van der Waals surface area contributed by atoms with Crippen molar-refractivity contribution in [2.45, 2.75) is 6.92 Å². The molecule has 1 heterocycles. The molecule has 0 saturated carbocycles. The molecule has 0 saturated heterocycles. The Kier molecular flexibility index (Phi) is 2.60. The van der Waals surface area contributed by atoms with Gasteiger partial charge in [-0.3, -0.25) is 0 Å². The topological polar surface area (TPSA) is 3.88 Å². The molecular formula is C17H16N+. The van der Waals surface area contributed by atoms with Crippen molar-refractivity contribution in [2.75, 3.05) is 0 Å². The van der Waals surface area contributed by atoms with Crippen LogP contribution in [0.4, 0.5) is 0 Å². The Hall–Kier alpha value is -2.15. The number of hydrogen-bond acceptors (Lipinski definition) is 0. The predicted molar refractivity (Wildman–Crippen MR) is 75.3 cm³/mol. The van der Waals surface area contributed by atoms with Gasteiger partial charge in [-0.1, -0.05) is 42.5 Å². The molecule has 0 spiro atoms. The Bertz CT molecular complexity index is 699. The Morgan fingerprint density at radius 1 is 0.778 bits per heavy atom. The molecule has 1 nitrogen and oxygen atoms in total. The predicted octanol–water partition coefficient (Wildman–Crippen LogP) is 3.64. The first-order valence-electron chi connectivity index (χ1n) is 6.19.